The summed E-state index contributed by atoms with van der Waals surface area (Å²) < 4.78 is 26.8. The Labute approximate surface area is 244 Å². The maximum Gasteiger partial charge on any atom is 0.340 e. The van der Waals surface area contributed by atoms with E-state index in [4.69, 9.17) is 9.47 Å². The number of carbonyl (C=O) groups excluding carboxylic acids is 3. The van der Waals surface area contributed by atoms with Crippen molar-refractivity contribution in [3.05, 3.63) is 100.0 Å². The summed E-state index contributed by atoms with van der Waals surface area (Å²) in [5, 5.41) is 11.7. The molecule has 4 aromatic rings. The Morgan fingerprint density at radius 2 is 1.79 bits per heavy atom. The predicted molar refractivity (Wildman–Crippen MR) is 151 cm³/mol. The number of amides is 3. The van der Waals surface area contributed by atoms with Crippen molar-refractivity contribution in [1.29, 1.82) is 0 Å². The minimum atomic E-state index is -0.714. The number of carbonyl (C=O) groups is 3. The summed E-state index contributed by atoms with van der Waals surface area (Å²) in [4.78, 5) is 54.2. The SMILES string of the molecule is O=C1COc2cccc(c2)-c2ccc(F)c(c2)C(=O)N[C@H]2CN(C(=O)Cc3n[nH]c(=O)[nH]3)C[C@@H]2Oc2ccc(cc2)CN1. The second-order valence-electron chi connectivity index (χ2n) is 10.3. The first-order valence-electron chi connectivity index (χ1n) is 13.6. The van der Waals surface area contributed by atoms with Gasteiger partial charge in [-0.2, -0.15) is 5.10 Å². The highest BCUT2D eigenvalue weighted by atomic mass is 19.1. The van der Waals surface area contributed by atoms with Crippen LogP contribution in [0.3, 0.4) is 0 Å². The van der Waals surface area contributed by atoms with Crippen molar-refractivity contribution in [2.45, 2.75) is 25.1 Å². The molecule has 3 amide bonds. The first-order valence-corrected chi connectivity index (χ1v) is 13.6. The molecule has 0 unspecified atom stereocenters. The monoisotopic (exact) mass is 586 g/mol. The number of ether oxygens (including phenoxy) is 2. The smallest absolute Gasteiger partial charge is 0.340 e. The van der Waals surface area contributed by atoms with Gasteiger partial charge in [0.15, 0.2) is 6.61 Å². The Bertz CT molecular complexity index is 1740. The molecule has 7 rings (SSSR count). The van der Waals surface area contributed by atoms with Crippen molar-refractivity contribution in [2.24, 2.45) is 0 Å². The molecule has 13 heteroatoms. The van der Waals surface area contributed by atoms with Crippen molar-refractivity contribution < 1.29 is 28.2 Å². The summed E-state index contributed by atoms with van der Waals surface area (Å²) in [5.41, 5.74) is 1.35. The van der Waals surface area contributed by atoms with Crippen molar-refractivity contribution >= 4 is 17.7 Å². The molecule has 1 saturated heterocycles. The van der Waals surface area contributed by atoms with Gasteiger partial charge in [0.2, 0.25) is 5.91 Å². The second kappa shape index (κ2) is 11.8. The van der Waals surface area contributed by atoms with Gasteiger partial charge in [-0.25, -0.2) is 14.3 Å². The summed E-state index contributed by atoms with van der Waals surface area (Å²) >= 11 is 0. The van der Waals surface area contributed by atoms with Gasteiger partial charge in [0, 0.05) is 13.1 Å². The Morgan fingerprint density at radius 3 is 2.58 bits per heavy atom. The van der Waals surface area contributed by atoms with Crippen molar-refractivity contribution in [2.75, 3.05) is 19.7 Å². The highest BCUT2D eigenvalue weighted by molar-refractivity contribution is 5.96. The summed E-state index contributed by atoms with van der Waals surface area (Å²) in [6.45, 7) is 0.303. The van der Waals surface area contributed by atoms with Crippen LogP contribution in [0, 0.1) is 5.82 Å². The summed E-state index contributed by atoms with van der Waals surface area (Å²) in [6.07, 6.45) is -0.825. The van der Waals surface area contributed by atoms with Gasteiger partial charge in [-0.1, -0.05) is 30.3 Å². The van der Waals surface area contributed by atoms with E-state index in [9.17, 15) is 23.6 Å². The van der Waals surface area contributed by atoms with Crippen LogP contribution < -0.4 is 25.8 Å². The molecule has 3 aliphatic heterocycles. The number of benzene rings is 3. The fraction of sp³-hybridized carbons (Fsp3) is 0.233. The topological polar surface area (TPSA) is 159 Å². The van der Waals surface area contributed by atoms with E-state index >= 15 is 0 Å². The Balaban J connectivity index is 1.31. The average molecular weight is 587 g/mol. The van der Waals surface area contributed by atoms with Crippen molar-refractivity contribution in [3.63, 3.8) is 0 Å². The third-order valence-corrected chi connectivity index (χ3v) is 7.25. The predicted octanol–water partition coefficient (Wildman–Crippen LogP) is 1.54. The van der Waals surface area contributed by atoms with Gasteiger partial charge in [-0.3, -0.25) is 19.4 Å². The van der Waals surface area contributed by atoms with E-state index in [1.54, 1.807) is 54.6 Å². The first kappa shape index (κ1) is 27.7. The lowest BCUT2D eigenvalue weighted by Gasteiger charge is -2.21. The van der Waals surface area contributed by atoms with Crippen LogP contribution in [0.15, 0.2) is 71.5 Å². The van der Waals surface area contributed by atoms with Gasteiger partial charge in [-0.05, 0) is 53.1 Å². The molecule has 2 atom stereocenters. The molecule has 12 nitrogen and oxygen atoms in total. The van der Waals surface area contributed by atoms with Crippen LogP contribution in [0.2, 0.25) is 0 Å². The van der Waals surface area contributed by atoms with E-state index in [-0.39, 0.29) is 55.9 Å². The zero-order valence-corrected chi connectivity index (χ0v) is 22.8. The lowest BCUT2D eigenvalue weighted by atomic mass is 10.0. The van der Waals surface area contributed by atoms with Gasteiger partial charge in [-0.15, -0.1) is 0 Å². The zero-order valence-electron chi connectivity index (χ0n) is 22.8. The second-order valence-corrected chi connectivity index (χ2v) is 10.3. The van der Waals surface area contributed by atoms with Gasteiger partial charge >= 0.3 is 5.69 Å². The zero-order chi connectivity index (χ0) is 29.9. The number of hydrogen-bond acceptors (Lipinski definition) is 7. The molecule has 0 saturated carbocycles. The molecule has 0 spiro atoms. The van der Waals surface area contributed by atoms with Crippen molar-refractivity contribution in [1.82, 2.24) is 30.7 Å². The third kappa shape index (κ3) is 6.40. The van der Waals surface area contributed by atoms with E-state index in [1.807, 2.05) is 0 Å². The number of likely N-dealkylation sites (tertiary alicyclic amines) is 1. The van der Waals surface area contributed by atoms with Crippen LogP contribution >= 0.6 is 0 Å². The van der Waals surface area contributed by atoms with E-state index < -0.39 is 29.6 Å². The number of nitrogens with one attached hydrogen (secondary N) is 4. The van der Waals surface area contributed by atoms with Gasteiger partial charge in [0.05, 0.1) is 24.6 Å². The number of hydrogen-bond donors (Lipinski definition) is 4. The van der Waals surface area contributed by atoms with Gasteiger partial charge < -0.3 is 25.0 Å². The van der Waals surface area contributed by atoms with Crippen LogP contribution in [-0.4, -0.2) is 69.6 Å². The lowest BCUT2D eigenvalue weighted by Crippen LogP contribution is -2.45. The minimum Gasteiger partial charge on any atom is -0.486 e. The van der Waals surface area contributed by atoms with Crippen LogP contribution in [0.25, 0.3) is 11.1 Å². The fourth-order valence-electron chi connectivity index (χ4n) is 5.03. The maximum atomic E-state index is 15.0. The molecule has 43 heavy (non-hydrogen) atoms. The molecule has 1 aromatic heterocycles. The molecule has 4 N–H and O–H groups in total. The number of fused-ring (bicyclic) bond motifs is 7. The largest absolute Gasteiger partial charge is 0.486 e. The van der Waals surface area contributed by atoms with E-state index in [0.717, 1.165) is 5.56 Å². The van der Waals surface area contributed by atoms with Crippen LogP contribution in [0.5, 0.6) is 11.5 Å². The van der Waals surface area contributed by atoms with Gasteiger partial charge in [0.25, 0.3) is 11.8 Å². The molecular weight excluding hydrogens is 559 g/mol. The lowest BCUT2D eigenvalue weighted by molar-refractivity contribution is -0.129. The Kier molecular flexibility index (Phi) is 7.60. The summed E-state index contributed by atoms with van der Waals surface area (Å²) in [7, 11) is 0. The quantitative estimate of drug-likeness (QED) is 0.277. The number of rotatable bonds is 2. The highest BCUT2D eigenvalue weighted by Gasteiger charge is 2.38. The number of aromatic nitrogens is 3. The average Bonchev–Trinajstić information content (AvgIpc) is 3.60. The van der Waals surface area contributed by atoms with Crippen LogP contribution in [-0.2, 0) is 22.6 Å². The molecule has 0 radical (unpaired) electrons. The number of aromatic amines is 2. The fourth-order valence-corrected chi connectivity index (χ4v) is 5.03. The third-order valence-electron chi connectivity index (χ3n) is 7.25. The van der Waals surface area contributed by atoms with Crippen LogP contribution in [0.4, 0.5) is 4.39 Å². The number of H-pyrrole nitrogens is 2. The minimum absolute atomic E-state index is 0.0920. The Morgan fingerprint density at radius 1 is 0.977 bits per heavy atom. The molecule has 6 bridgehead atoms. The molecule has 3 aromatic carbocycles. The molecule has 3 aliphatic rings. The van der Waals surface area contributed by atoms with E-state index in [1.165, 1.54) is 17.0 Å². The summed E-state index contributed by atoms with van der Waals surface area (Å²) in [6, 6.07) is 17.5. The Hall–Kier alpha value is -5.46. The molecule has 1 fully saturated rings. The van der Waals surface area contributed by atoms with E-state index in [2.05, 4.69) is 25.8 Å². The molecular formula is C30H27FN6O6. The van der Waals surface area contributed by atoms with Crippen molar-refractivity contribution in [3.8, 4) is 22.6 Å². The molecule has 4 heterocycles. The number of nitrogens with zero attached hydrogens (tertiary/aromatic N) is 2. The standard InChI is InChI=1S/C30H27FN6O6/c31-23-9-6-19-11-22(23)29(40)33-24-14-37(28(39)12-26-34-30(41)36-35-26)15-25(24)43-20-7-4-17(5-8-20)13-32-27(38)16-42-21-3-1-2-18(19)10-21/h1-11,24-25H,12-16H2,(H,32,38)(H,33,40)(H2,34,35,36,41)/t24-,25-/m0/s1. The molecule has 220 valence electrons. The van der Waals surface area contributed by atoms with E-state index in [0.29, 0.717) is 22.6 Å². The number of halogens is 1. The maximum absolute atomic E-state index is 15.0. The summed E-state index contributed by atoms with van der Waals surface area (Å²) in [5.74, 6) is -0.920. The first-order chi connectivity index (χ1) is 20.8. The normalized spacial score (nSPS) is 18.6. The van der Waals surface area contributed by atoms with Gasteiger partial charge in [0.1, 0.15) is 29.2 Å². The van der Waals surface area contributed by atoms with Crippen LogP contribution in [0.1, 0.15) is 21.7 Å². The highest BCUT2D eigenvalue weighted by Crippen LogP contribution is 2.27. The molecule has 0 aliphatic carbocycles.